The van der Waals surface area contributed by atoms with Crippen LogP contribution in [0.1, 0.15) is 5.56 Å². The van der Waals surface area contributed by atoms with Crippen LogP contribution in [0.2, 0.25) is 0 Å². The number of halogens is 1. The first-order chi connectivity index (χ1) is 11.1. The van der Waals surface area contributed by atoms with E-state index in [1.54, 1.807) is 0 Å². The van der Waals surface area contributed by atoms with Gasteiger partial charge in [-0.1, -0.05) is 29.5 Å². The molecule has 4 nitrogen and oxygen atoms in total. The largest absolute Gasteiger partial charge is 0.394 e. The zero-order valence-electron chi connectivity index (χ0n) is 12.5. The summed E-state index contributed by atoms with van der Waals surface area (Å²) >= 11 is 3.81. The lowest BCUT2D eigenvalue weighted by atomic mass is 10.2. The summed E-state index contributed by atoms with van der Waals surface area (Å²) < 4.78 is 1.18. The maximum atomic E-state index is 6.23. The Hall–Kier alpha value is -1.80. The van der Waals surface area contributed by atoms with E-state index in [0.717, 1.165) is 15.6 Å². The number of aryl methyl sites for hydroxylation is 1. The maximum Gasteiger partial charge on any atom is 0.158 e. The van der Waals surface area contributed by atoms with E-state index < -0.39 is 0 Å². The van der Waals surface area contributed by atoms with Gasteiger partial charge in [0.1, 0.15) is 17.0 Å². The third-order valence-electron chi connectivity index (χ3n) is 3.19. The Bertz CT molecular complexity index is 738. The number of hydrogen-bond donors (Lipinski definition) is 2. The lowest BCUT2D eigenvalue weighted by Gasteiger charge is -2.11. The SMILES string of the molecule is Cc1ccc(Sc2ncnc(Nc3ccc(I)cc3)c2N)cc1. The molecule has 0 aliphatic carbocycles. The van der Waals surface area contributed by atoms with Crippen LogP contribution in [-0.2, 0) is 0 Å². The zero-order valence-corrected chi connectivity index (χ0v) is 15.4. The van der Waals surface area contributed by atoms with E-state index in [-0.39, 0.29) is 0 Å². The van der Waals surface area contributed by atoms with E-state index in [1.807, 2.05) is 24.3 Å². The molecular weight excluding hydrogens is 419 g/mol. The Balaban J connectivity index is 1.83. The first-order valence-corrected chi connectivity index (χ1v) is 8.89. The molecule has 0 fully saturated rings. The molecule has 0 radical (unpaired) electrons. The van der Waals surface area contributed by atoms with Crippen LogP contribution in [0.15, 0.2) is 64.8 Å². The van der Waals surface area contributed by atoms with Crippen molar-refractivity contribution in [3.63, 3.8) is 0 Å². The molecule has 0 amide bonds. The van der Waals surface area contributed by atoms with Crippen LogP contribution in [0.4, 0.5) is 17.2 Å². The molecule has 0 aliphatic rings. The van der Waals surface area contributed by atoms with Crippen LogP contribution in [0.5, 0.6) is 0 Å². The molecule has 0 bridgehead atoms. The Morgan fingerprint density at radius 2 is 1.70 bits per heavy atom. The molecule has 116 valence electrons. The molecule has 2 aromatic carbocycles. The number of aromatic nitrogens is 2. The van der Waals surface area contributed by atoms with Gasteiger partial charge in [0, 0.05) is 14.2 Å². The van der Waals surface area contributed by atoms with Gasteiger partial charge in [-0.3, -0.25) is 0 Å². The molecule has 0 saturated heterocycles. The Morgan fingerprint density at radius 1 is 1.00 bits per heavy atom. The summed E-state index contributed by atoms with van der Waals surface area (Å²) in [4.78, 5) is 9.65. The van der Waals surface area contributed by atoms with Gasteiger partial charge in [-0.2, -0.15) is 0 Å². The zero-order chi connectivity index (χ0) is 16.2. The van der Waals surface area contributed by atoms with Crippen LogP contribution in [-0.4, -0.2) is 9.97 Å². The summed E-state index contributed by atoms with van der Waals surface area (Å²) in [6, 6.07) is 16.3. The maximum absolute atomic E-state index is 6.23. The number of benzene rings is 2. The quantitative estimate of drug-likeness (QED) is 0.453. The minimum atomic E-state index is 0.552. The highest BCUT2D eigenvalue weighted by Crippen LogP contribution is 2.34. The van der Waals surface area contributed by atoms with Gasteiger partial charge in [0.15, 0.2) is 5.82 Å². The molecule has 3 aromatic rings. The smallest absolute Gasteiger partial charge is 0.158 e. The van der Waals surface area contributed by atoms with Crippen molar-refractivity contribution < 1.29 is 0 Å². The molecular formula is C17H15IN4S. The minimum Gasteiger partial charge on any atom is -0.394 e. The van der Waals surface area contributed by atoms with Crippen molar-refractivity contribution in [2.24, 2.45) is 0 Å². The minimum absolute atomic E-state index is 0.552. The van der Waals surface area contributed by atoms with Crippen molar-refractivity contribution in [2.45, 2.75) is 16.8 Å². The molecule has 0 atom stereocenters. The molecule has 6 heteroatoms. The third-order valence-corrected chi connectivity index (χ3v) is 4.94. The van der Waals surface area contributed by atoms with Crippen molar-refractivity contribution in [2.75, 3.05) is 11.1 Å². The number of nitrogen functional groups attached to an aromatic ring is 1. The summed E-state index contributed by atoms with van der Waals surface area (Å²) in [5.74, 6) is 0.621. The van der Waals surface area contributed by atoms with Crippen molar-refractivity contribution in [1.29, 1.82) is 0 Å². The number of nitrogens with zero attached hydrogens (tertiary/aromatic N) is 2. The van der Waals surface area contributed by atoms with Gasteiger partial charge in [-0.25, -0.2) is 9.97 Å². The van der Waals surface area contributed by atoms with E-state index in [4.69, 9.17) is 5.73 Å². The second-order valence-corrected chi connectivity index (χ2v) is 7.30. The fourth-order valence-electron chi connectivity index (χ4n) is 1.95. The first kappa shape index (κ1) is 16.1. The molecule has 0 unspecified atom stereocenters. The molecule has 23 heavy (non-hydrogen) atoms. The molecule has 3 N–H and O–H groups in total. The Kier molecular flexibility index (Phi) is 5.02. The van der Waals surface area contributed by atoms with Crippen LogP contribution in [0.3, 0.4) is 0 Å². The number of anilines is 3. The molecule has 3 rings (SSSR count). The first-order valence-electron chi connectivity index (χ1n) is 6.99. The highest BCUT2D eigenvalue weighted by Gasteiger charge is 2.10. The Labute approximate surface area is 153 Å². The van der Waals surface area contributed by atoms with E-state index in [2.05, 4.69) is 69.1 Å². The standard InChI is InChI=1S/C17H15IN4S/c1-11-2-8-14(9-3-11)23-17-15(19)16(20-10-21-17)22-13-6-4-12(18)5-7-13/h2-10H,19H2,1H3,(H,20,21,22). The molecule has 0 aliphatic heterocycles. The van der Waals surface area contributed by atoms with Gasteiger partial charge in [0.25, 0.3) is 0 Å². The molecule has 0 spiro atoms. The summed E-state index contributed by atoms with van der Waals surface area (Å²) in [6.07, 6.45) is 1.53. The van der Waals surface area contributed by atoms with Crippen molar-refractivity contribution in [1.82, 2.24) is 9.97 Å². The lowest BCUT2D eigenvalue weighted by Crippen LogP contribution is -2.02. The molecule has 1 aromatic heterocycles. The lowest BCUT2D eigenvalue weighted by molar-refractivity contribution is 1.06. The van der Waals surface area contributed by atoms with Crippen LogP contribution < -0.4 is 11.1 Å². The number of nitrogens with one attached hydrogen (secondary N) is 1. The number of hydrogen-bond acceptors (Lipinski definition) is 5. The van der Waals surface area contributed by atoms with E-state index in [9.17, 15) is 0 Å². The van der Waals surface area contributed by atoms with Crippen LogP contribution in [0.25, 0.3) is 0 Å². The molecule has 0 saturated carbocycles. The summed E-state index contributed by atoms with van der Waals surface area (Å²) in [6.45, 7) is 2.07. The van der Waals surface area contributed by atoms with Gasteiger partial charge in [-0.15, -0.1) is 0 Å². The van der Waals surface area contributed by atoms with Crippen LogP contribution >= 0.6 is 34.4 Å². The second-order valence-electron chi connectivity index (χ2n) is 4.99. The van der Waals surface area contributed by atoms with Gasteiger partial charge in [0.05, 0.1) is 0 Å². The van der Waals surface area contributed by atoms with Crippen LogP contribution in [0, 0.1) is 10.5 Å². The topological polar surface area (TPSA) is 63.8 Å². The fourth-order valence-corrected chi connectivity index (χ4v) is 3.11. The van der Waals surface area contributed by atoms with Gasteiger partial charge < -0.3 is 11.1 Å². The normalized spacial score (nSPS) is 10.5. The fraction of sp³-hybridized carbons (Fsp3) is 0.0588. The third kappa shape index (κ3) is 4.14. The van der Waals surface area contributed by atoms with Gasteiger partial charge in [-0.05, 0) is 65.9 Å². The Morgan fingerprint density at radius 3 is 2.39 bits per heavy atom. The van der Waals surface area contributed by atoms with Crippen molar-refractivity contribution in [3.05, 3.63) is 64.0 Å². The summed E-state index contributed by atoms with van der Waals surface area (Å²) in [7, 11) is 0. The second kappa shape index (κ2) is 7.18. The number of nitrogens with two attached hydrogens (primary N) is 1. The summed E-state index contributed by atoms with van der Waals surface area (Å²) in [5.41, 5.74) is 8.96. The highest BCUT2D eigenvalue weighted by atomic mass is 127. The monoisotopic (exact) mass is 434 g/mol. The van der Waals surface area contributed by atoms with Crippen molar-refractivity contribution in [3.8, 4) is 0 Å². The highest BCUT2D eigenvalue weighted by molar-refractivity contribution is 14.1. The number of rotatable bonds is 4. The van der Waals surface area contributed by atoms with E-state index >= 15 is 0 Å². The average Bonchev–Trinajstić information content (AvgIpc) is 2.55. The predicted octanol–water partition coefficient (Wildman–Crippen LogP) is 4.87. The molecule has 1 heterocycles. The summed E-state index contributed by atoms with van der Waals surface area (Å²) in [5, 5.41) is 3.99. The van der Waals surface area contributed by atoms with Gasteiger partial charge in [0.2, 0.25) is 0 Å². The average molecular weight is 434 g/mol. The van der Waals surface area contributed by atoms with Crippen molar-refractivity contribution >= 4 is 51.5 Å². The predicted molar refractivity (Wildman–Crippen MR) is 104 cm³/mol. The van der Waals surface area contributed by atoms with E-state index in [0.29, 0.717) is 11.5 Å². The van der Waals surface area contributed by atoms with Gasteiger partial charge >= 0.3 is 0 Å². The van der Waals surface area contributed by atoms with E-state index in [1.165, 1.54) is 27.2 Å².